The number of morpholine rings is 1. The third-order valence-electron chi connectivity index (χ3n) is 4.75. The van der Waals surface area contributed by atoms with Gasteiger partial charge in [-0.2, -0.15) is 0 Å². The third kappa shape index (κ3) is 7.31. The topological polar surface area (TPSA) is 158 Å². The Morgan fingerprint density at radius 3 is 2.33 bits per heavy atom. The average Bonchev–Trinajstić information content (AvgIpc) is 2.78. The zero-order valence-electron chi connectivity index (χ0n) is 18.1. The summed E-state index contributed by atoms with van der Waals surface area (Å²) in [6.07, 6.45) is 1.65. The molecule has 3 rings (SSSR count). The number of nitrogens with zero attached hydrogens (tertiary/aromatic N) is 1. The van der Waals surface area contributed by atoms with Gasteiger partial charge in [-0.05, 0) is 13.8 Å². The molecule has 2 atom stereocenters. The van der Waals surface area contributed by atoms with Crippen LogP contribution < -0.4 is 10.6 Å². The van der Waals surface area contributed by atoms with Gasteiger partial charge in [0.1, 0.15) is 11.9 Å². The lowest BCUT2D eigenvalue weighted by Gasteiger charge is -2.32. The van der Waals surface area contributed by atoms with Crippen molar-refractivity contribution in [3.8, 4) is 0 Å². The maximum absolute atomic E-state index is 14.0. The quantitative estimate of drug-likeness (QED) is 0.391. The van der Waals surface area contributed by atoms with Gasteiger partial charge in [0.25, 0.3) is 5.91 Å². The summed E-state index contributed by atoms with van der Waals surface area (Å²) < 4.78 is 19.5. The van der Waals surface area contributed by atoms with Crippen molar-refractivity contribution in [2.24, 2.45) is 0 Å². The molecular weight excluding hydrogens is 437 g/mol. The number of carbonyl (C=O) groups is 3. The highest BCUT2D eigenvalue weighted by molar-refractivity contribution is 5.89. The Bertz CT molecular complexity index is 1020. The van der Waals surface area contributed by atoms with Crippen LogP contribution in [0.5, 0.6) is 0 Å². The first-order valence-corrected chi connectivity index (χ1v) is 10.0. The Morgan fingerprint density at radius 2 is 1.82 bits per heavy atom. The molecule has 2 heterocycles. The zero-order valence-corrected chi connectivity index (χ0v) is 18.1. The molecule has 11 heteroatoms. The molecule has 0 aliphatic carbocycles. The minimum Gasteiger partial charge on any atom is -0.478 e. The van der Waals surface area contributed by atoms with Gasteiger partial charge in [0.05, 0.1) is 36.7 Å². The number of fused-ring (bicyclic) bond motifs is 1. The van der Waals surface area contributed by atoms with Crippen LogP contribution in [0.2, 0.25) is 0 Å². The third-order valence-corrected chi connectivity index (χ3v) is 4.75. The molecule has 1 saturated heterocycles. The number of benzene rings is 1. The van der Waals surface area contributed by atoms with E-state index in [0.29, 0.717) is 35.2 Å². The van der Waals surface area contributed by atoms with Gasteiger partial charge in [-0.3, -0.25) is 9.78 Å². The number of hydrogen-bond acceptors (Lipinski definition) is 7. The summed E-state index contributed by atoms with van der Waals surface area (Å²) in [5, 5.41) is 31.8. The van der Waals surface area contributed by atoms with E-state index in [9.17, 15) is 18.8 Å². The Labute approximate surface area is 189 Å². The Hall–Kier alpha value is -3.41. The molecule has 1 fully saturated rings. The first-order valence-electron chi connectivity index (χ1n) is 10.0. The monoisotopic (exact) mass is 463 g/mol. The molecule has 1 aliphatic rings. The van der Waals surface area contributed by atoms with Gasteiger partial charge in [-0.25, -0.2) is 14.0 Å². The normalized spacial score (nSPS) is 18.4. The number of pyridine rings is 1. The van der Waals surface area contributed by atoms with Gasteiger partial charge >= 0.3 is 11.9 Å². The molecule has 0 spiro atoms. The van der Waals surface area contributed by atoms with E-state index in [0.717, 1.165) is 0 Å². The number of ether oxygens (including phenoxy) is 1. The van der Waals surface area contributed by atoms with Crippen LogP contribution in [0.4, 0.5) is 4.39 Å². The number of amides is 1. The summed E-state index contributed by atoms with van der Waals surface area (Å²) >= 11 is 0. The van der Waals surface area contributed by atoms with Gasteiger partial charge in [-0.1, -0.05) is 24.3 Å². The molecule has 0 saturated carbocycles. The fourth-order valence-corrected chi connectivity index (χ4v) is 3.16. The van der Waals surface area contributed by atoms with E-state index in [1.54, 1.807) is 18.2 Å². The molecule has 1 aliphatic heterocycles. The van der Waals surface area contributed by atoms with Gasteiger partial charge in [-0.15, -0.1) is 0 Å². The molecule has 2 aromatic rings. The second kappa shape index (κ2) is 11.5. The lowest BCUT2D eigenvalue weighted by molar-refractivity contribution is -0.138. The molecule has 33 heavy (non-hydrogen) atoms. The maximum atomic E-state index is 14.0. The second-order valence-corrected chi connectivity index (χ2v) is 7.73. The second-order valence-electron chi connectivity index (χ2n) is 7.73. The van der Waals surface area contributed by atoms with E-state index in [-0.39, 0.29) is 25.2 Å². The standard InChI is InChI=1S/C18H22FN3O3.C4H4O4/c1-18(2,22-17(24)15-8-20-11(9-23)10-25-15)16-13-6-4-3-5-12(13)14(19)7-21-16;5-3(6)1-2-4(7)8/h3-7,11,15,20,23H,8-10H2,1-2H3,(H,22,24);1-2H,(H,5,6)(H,7,8)/b;2-1+/t11-,15+;/m1./s1. The number of carboxylic acid groups (broad SMARTS) is 2. The number of nitrogens with one attached hydrogen (secondary N) is 2. The molecule has 0 radical (unpaired) electrons. The fourth-order valence-electron chi connectivity index (χ4n) is 3.16. The summed E-state index contributed by atoms with van der Waals surface area (Å²) in [6.45, 7) is 4.21. The molecule has 178 valence electrons. The summed E-state index contributed by atoms with van der Waals surface area (Å²) in [5.74, 6) is -3.18. The van der Waals surface area contributed by atoms with Crippen LogP contribution in [-0.4, -0.2) is 70.1 Å². The van der Waals surface area contributed by atoms with Crippen molar-refractivity contribution in [3.63, 3.8) is 0 Å². The van der Waals surface area contributed by atoms with E-state index >= 15 is 0 Å². The minimum absolute atomic E-state index is 0.0364. The van der Waals surface area contributed by atoms with Crippen molar-refractivity contribution in [1.29, 1.82) is 0 Å². The van der Waals surface area contributed by atoms with Gasteiger partial charge in [0.15, 0.2) is 0 Å². The molecule has 10 nitrogen and oxygen atoms in total. The van der Waals surface area contributed by atoms with Crippen molar-refractivity contribution in [2.45, 2.75) is 31.5 Å². The Morgan fingerprint density at radius 1 is 1.21 bits per heavy atom. The number of carbonyl (C=O) groups excluding carboxylic acids is 1. The smallest absolute Gasteiger partial charge is 0.328 e. The van der Waals surface area contributed by atoms with Crippen molar-refractivity contribution in [1.82, 2.24) is 15.6 Å². The molecule has 1 aromatic heterocycles. The summed E-state index contributed by atoms with van der Waals surface area (Å²) in [4.78, 5) is 35.9. The summed E-state index contributed by atoms with van der Waals surface area (Å²) in [5.41, 5.74) is -0.212. The van der Waals surface area contributed by atoms with Crippen LogP contribution in [0, 0.1) is 5.82 Å². The first-order chi connectivity index (χ1) is 15.5. The first kappa shape index (κ1) is 25.8. The molecule has 0 bridgehead atoms. The van der Waals surface area contributed by atoms with Crippen molar-refractivity contribution < 1.29 is 38.8 Å². The number of halogens is 1. The molecule has 1 aromatic carbocycles. The highest BCUT2D eigenvalue weighted by atomic mass is 19.1. The van der Waals surface area contributed by atoms with Crippen LogP contribution in [-0.2, 0) is 24.7 Å². The molecule has 0 unspecified atom stereocenters. The lowest BCUT2D eigenvalue weighted by Crippen LogP contribution is -2.56. The number of aliphatic hydroxyl groups is 1. The predicted molar refractivity (Wildman–Crippen MR) is 116 cm³/mol. The largest absolute Gasteiger partial charge is 0.478 e. The minimum atomic E-state index is -1.26. The van der Waals surface area contributed by atoms with E-state index in [1.165, 1.54) is 6.20 Å². The zero-order chi connectivity index (χ0) is 24.6. The average molecular weight is 463 g/mol. The van der Waals surface area contributed by atoms with Gasteiger partial charge < -0.3 is 30.7 Å². The number of hydrogen-bond donors (Lipinski definition) is 5. The van der Waals surface area contributed by atoms with Gasteiger partial charge in [0.2, 0.25) is 0 Å². The fraction of sp³-hybridized carbons (Fsp3) is 0.364. The van der Waals surface area contributed by atoms with Crippen LogP contribution in [0.3, 0.4) is 0 Å². The van der Waals surface area contributed by atoms with Crippen molar-refractivity contribution >= 4 is 28.6 Å². The number of aliphatic hydroxyl groups excluding tert-OH is 1. The number of aromatic nitrogens is 1. The molecular formula is C22H26FN3O7. The van der Waals surface area contributed by atoms with E-state index in [2.05, 4.69) is 15.6 Å². The number of aliphatic carboxylic acids is 2. The summed E-state index contributed by atoms with van der Waals surface area (Å²) in [6, 6.07) is 6.91. The highest BCUT2D eigenvalue weighted by Gasteiger charge is 2.32. The van der Waals surface area contributed by atoms with Crippen molar-refractivity contribution in [3.05, 3.63) is 54.1 Å². The SMILES string of the molecule is CC(C)(NC(=O)[C@@H]1CN[C@H](CO)CO1)c1ncc(F)c2ccccc12.O=C(O)/C=C/C(=O)O. The Balaban J connectivity index is 0.000000414. The highest BCUT2D eigenvalue weighted by Crippen LogP contribution is 2.28. The van der Waals surface area contributed by atoms with Crippen molar-refractivity contribution in [2.75, 3.05) is 19.8 Å². The van der Waals surface area contributed by atoms with Crippen LogP contribution in [0.1, 0.15) is 19.5 Å². The lowest BCUT2D eigenvalue weighted by atomic mass is 9.94. The Kier molecular flexibility index (Phi) is 8.97. The van der Waals surface area contributed by atoms with Crippen LogP contribution in [0.15, 0.2) is 42.6 Å². The van der Waals surface area contributed by atoms with E-state index in [4.69, 9.17) is 20.1 Å². The predicted octanol–water partition coefficient (Wildman–Crippen LogP) is 0.786. The van der Waals surface area contributed by atoms with E-state index in [1.807, 2.05) is 19.9 Å². The number of carboxylic acids is 2. The van der Waals surface area contributed by atoms with Gasteiger partial charge in [0, 0.05) is 29.5 Å². The maximum Gasteiger partial charge on any atom is 0.328 e. The molecule has 1 amide bonds. The van der Waals surface area contributed by atoms with Crippen LogP contribution in [0.25, 0.3) is 10.8 Å². The molecule has 5 N–H and O–H groups in total. The van der Waals surface area contributed by atoms with E-state index < -0.39 is 29.4 Å². The van der Waals surface area contributed by atoms with Crippen LogP contribution >= 0.6 is 0 Å². The number of rotatable bonds is 6. The summed E-state index contributed by atoms with van der Waals surface area (Å²) in [7, 11) is 0.